The van der Waals surface area contributed by atoms with Crippen molar-refractivity contribution < 1.29 is 9.59 Å². The Hall–Kier alpha value is -1.06. The Balaban J connectivity index is 2.22. The predicted molar refractivity (Wildman–Crippen MR) is 74.6 cm³/mol. The minimum atomic E-state index is -0.722. The van der Waals surface area contributed by atoms with Crippen LogP contribution in [0.25, 0.3) is 0 Å². The van der Waals surface area contributed by atoms with Crippen molar-refractivity contribution >= 4 is 11.8 Å². The van der Waals surface area contributed by atoms with Gasteiger partial charge in [-0.25, -0.2) is 0 Å². The predicted octanol–water partition coefficient (Wildman–Crippen LogP) is 2.08. The molecule has 1 saturated heterocycles. The lowest BCUT2D eigenvalue weighted by atomic mass is 9.89. The summed E-state index contributed by atoms with van der Waals surface area (Å²) in [5.41, 5.74) is -0.722. The van der Waals surface area contributed by atoms with Crippen LogP contribution in [-0.4, -0.2) is 34.3 Å². The molecule has 1 aliphatic carbocycles. The van der Waals surface area contributed by atoms with Crippen LogP contribution < -0.4 is 5.32 Å². The van der Waals surface area contributed by atoms with Crippen LogP contribution in [0, 0.1) is 5.92 Å². The van der Waals surface area contributed by atoms with E-state index in [-0.39, 0.29) is 23.9 Å². The maximum Gasteiger partial charge on any atom is 0.248 e. The summed E-state index contributed by atoms with van der Waals surface area (Å²) in [5.74, 6) is 0.843. The molecule has 0 aromatic heterocycles. The molecule has 3 atom stereocenters. The average molecular weight is 266 g/mol. The Morgan fingerprint density at radius 1 is 1.37 bits per heavy atom. The van der Waals surface area contributed by atoms with Gasteiger partial charge in [0.2, 0.25) is 11.8 Å². The number of hydrogen-bond acceptors (Lipinski definition) is 2. The summed E-state index contributed by atoms with van der Waals surface area (Å²) in [5, 5.41) is 2.89. The molecule has 0 aromatic rings. The lowest BCUT2D eigenvalue weighted by Gasteiger charge is -2.46. The molecule has 4 heteroatoms. The monoisotopic (exact) mass is 266 g/mol. The summed E-state index contributed by atoms with van der Waals surface area (Å²) in [6.07, 6.45) is 5.19. The Bertz CT molecular complexity index is 378. The summed E-state index contributed by atoms with van der Waals surface area (Å²) >= 11 is 0. The zero-order chi connectivity index (χ0) is 14.2. The van der Waals surface area contributed by atoms with E-state index in [4.69, 9.17) is 0 Å². The van der Waals surface area contributed by atoms with E-state index >= 15 is 0 Å². The maximum absolute atomic E-state index is 12.7. The third kappa shape index (κ3) is 2.63. The maximum atomic E-state index is 12.7. The fraction of sp³-hybridized carbons (Fsp3) is 0.867. The molecule has 2 rings (SSSR count). The van der Waals surface area contributed by atoms with Gasteiger partial charge in [-0.05, 0) is 39.0 Å². The molecule has 2 amide bonds. The highest BCUT2D eigenvalue weighted by Crippen LogP contribution is 2.37. The Morgan fingerprint density at radius 2 is 2.00 bits per heavy atom. The molecule has 2 aliphatic rings. The Labute approximate surface area is 115 Å². The number of nitrogens with one attached hydrogen (secondary N) is 1. The molecule has 19 heavy (non-hydrogen) atoms. The number of carbonyl (C=O) groups is 2. The molecule has 3 unspecified atom stereocenters. The molecule has 0 spiro atoms. The fourth-order valence-corrected chi connectivity index (χ4v) is 2.95. The van der Waals surface area contributed by atoms with Crippen molar-refractivity contribution in [1.82, 2.24) is 10.2 Å². The van der Waals surface area contributed by atoms with Gasteiger partial charge in [-0.15, -0.1) is 0 Å². The third-order valence-electron chi connectivity index (χ3n) is 4.78. The summed E-state index contributed by atoms with van der Waals surface area (Å²) in [7, 11) is 0. The van der Waals surface area contributed by atoms with Crippen molar-refractivity contribution in [1.29, 1.82) is 0 Å². The first-order chi connectivity index (χ1) is 8.92. The molecule has 0 aromatic carbocycles. The lowest BCUT2D eigenvalue weighted by Crippen LogP contribution is -2.70. The normalized spacial score (nSPS) is 33.3. The number of piperazine rings is 1. The van der Waals surface area contributed by atoms with E-state index in [1.807, 2.05) is 25.7 Å². The van der Waals surface area contributed by atoms with E-state index in [0.29, 0.717) is 6.42 Å². The lowest BCUT2D eigenvalue weighted by molar-refractivity contribution is -0.157. The number of amides is 2. The van der Waals surface area contributed by atoms with E-state index in [9.17, 15) is 9.59 Å². The third-order valence-corrected chi connectivity index (χ3v) is 4.78. The highest BCUT2D eigenvalue weighted by molar-refractivity contribution is 5.99. The molecule has 1 heterocycles. The first kappa shape index (κ1) is 14.4. The second-order valence-electron chi connectivity index (χ2n) is 6.30. The molecule has 0 bridgehead atoms. The van der Waals surface area contributed by atoms with E-state index in [2.05, 4.69) is 12.2 Å². The standard InChI is InChI=1S/C15H26N2O2/c1-5-12(9-11-7-8-11)17-10(3)13(18)16-15(4,6-2)14(17)19/h10-12H,5-9H2,1-4H3,(H,16,18). The van der Waals surface area contributed by atoms with Gasteiger partial charge >= 0.3 is 0 Å². The van der Waals surface area contributed by atoms with Crippen LogP contribution in [0.15, 0.2) is 0 Å². The van der Waals surface area contributed by atoms with Crippen LogP contribution in [0.4, 0.5) is 0 Å². The average Bonchev–Trinajstić information content (AvgIpc) is 3.19. The van der Waals surface area contributed by atoms with Gasteiger partial charge in [0.15, 0.2) is 0 Å². The molecule has 0 radical (unpaired) electrons. The van der Waals surface area contributed by atoms with Crippen molar-refractivity contribution in [3.8, 4) is 0 Å². The number of hydrogen-bond donors (Lipinski definition) is 1. The molecule has 2 fully saturated rings. The van der Waals surface area contributed by atoms with Gasteiger partial charge in [0.05, 0.1) is 0 Å². The molecule has 1 saturated carbocycles. The van der Waals surface area contributed by atoms with Crippen molar-refractivity contribution in [2.45, 2.75) is 77.4 Å². The van der Waals surface area contributed by atoms with Gasteiger partial charge in [0.1, 0.15) is 11.6 Å². The number of carbonyl (C=O) groups excluding carboxylic acids is 2. The Kier molecular flexibility index (Phi) is 3.88. The van der Waals surface area contributed by atoms with Gasteiger partial charge in [-0.1, -0.05) is 26.7 Å². The number of rotatable bonds is 5. The zero-order valence-corrected chi connectivity index (χ0v) is 12.5. The van der Waals surface area contributed by atoms with E-state index in [1.54, 1.807) is 0 Å². The van der Waals surface area contributed by atoms with Gasteiger partial charge in [-0.2, -0.15) is 0 Å². The first-order valence-electron chi connectivity index (χ1n) is 7.57. The van der Waals surface area contributed by atoms with E-state index in [0.717, 1.165) is 18.8 Å². The zero-order valence-electron chi connectivity index (χ0n) is 12.5. The second-order valence-corrected chi connectivity index (χ2v) is 6.30. The highest BCUT2D eigenvalue weighted by atomic mass is 16.2. The molecule has 4 nitrogen and oxygen atoms in total. The van der Waals surface area contributed by atoms with Crippen LogP contribution in [0.1, 0.15) is 59.8 Å². The highest BCUT2D eigenvalue weighted by Gasteiger charge is 2.47. The van der Waals surface area contributed by atoms with Crippen molar-refractivity contribution in [3.63, 3.8) is 0 Å². The summed E-state index contributed by atoms with van der Waals surface area (Å²) in [6, 6.07) is -0.122. The van der Waals surface area contributed by atoms with E-state index < -0.39 is 5.54 Å². The quantitative estimate of drug-likeness (QED) is 0.828. The van der Waals surface area contributed by atoms with Gasteiger partial charge in [0.25, 0.3) is 0 Å². The van der Waals surface area contributed by atoms with Crippen LogP contribution in [-0.2, 0) is 9.59 Å². The Morgan fingerprint density at radius 3 is 2.47 bits per heavy atom. The first-order valence-corrected chi connectivity index (χ1v) is 7.57. The van der Waals surface area contributed by atoms with Crippen LogP contribution in [0.3, 0.4) is 0 Å². The van der Waals surface area contributed by atoms with Gasteiger partial charge in [-0.3, -0.25) is 9.59 Å². The minimum Gasteiger partial charge on any atom is -0.340 e. The SMILES string of the molecule is CCC(CC1CC1)N1C(=O)C(C)(CC)NC(=O)C1C. The van der Waals surface area contributed by atoms with E-state index in [1.165, 1.54) is 12.8 Å². The fourth-order valence-electron chi connectivity index (χ4n) is 2.95. The van der Waals surface area contributed by atoms with Gasteiger partial charge < -0.3 is 10.2 Å². The van der Waals surface area contributed by atoms with Crippen LogP contribution in [0.5, 0.6) is 0 Å². The summed E-state index contributed by atoms with van der Waals surface area (Å²) < 4.78 is 0. The topological polar surface area (TPSA) is 49.4 Å². The van der Waals surface area contributed by atoms with Crippen molar-refractivity contribution in [2.75, 3.05) is 0 Å². The minimum absolute atomic E-state index is 0.0156. The summed E-state index contributed by atoms with van der Waals surface area (Å²) in [4.78, 5) is 26.8. The van der Waals surface area contributed by atoms with Crippen molar-refractivity contribution in [2.24, 2.45) is 5.92 Å². The van der Waals surface area contributed by atoms with Crippen LogP contribution >= 0.6 is 0 Å². The second kappa shape index (κ2) is 5.14. The van der Waals surface area contributed by atoms with Crippen LogP contribution in [0.2, 0.25) is 0 Å². The molecule has 1 N–H and O–H groups in total. The molecule has 1 aliphatic heterocycles. The molecular weight excluding hydrogens is 240 g/mol. The number of nitrogens with zero attached hydrogens (tertiary/aromatic N) is 1. The van der Waals surface area contributed by atoms with Crippen molar-refractivity contribution in [3.05, 3.63) is 0 Å². The largest absolute Gasteiger partial charge is 0.340 e. The smallest absolute Gasteiger partial charge is 0.248 e. The van der Waals surface area contributed by atoms with Gasteiger partial charge in [0, 0.05) is 6.04 Å². The molecular formula is C15H26N2O2. The molecule has 108 valence electrons. The summed E-state index contributed by atoms with van der Waals surface area (Å²) in [6.45, 7) is 7.75.